The lowest BCUT2D eigenvalue weighted by Crippen LogP contribution is -2.22. The standard InChI is InChI=1S/C14H22N6/c1-5-11-13(15-6-2)17-10-18-14(11)20(4)9-12-16-7-8-19(12)3/h7-8,10H,5-6,9H2,1-4H3,(H,15,17,18). The zero-order chi connectivity index (χ0) is 14.5. The van der Waals surface area contributed by atoms with Gasteiger partial charge in [0.1, 0.15) is 23.8 Å². The van der Waals surface area contributed by atoms with Crippen molar-refractivity contribution in [3.8, 4) is 0 Å². The molecule has 20 heavy (non-hydrogen) atoms. The van der Waals surface area contributed by atoms with Crippen LogP contribution in [-0.2, 0) is 20.0 Å². The molecule has 0 fully saturated rings. The summed E-state index contributed by atoms with van der Waals surface area (Å²) >= 11 is 0. The van der Waals surface area contributed by atoms with Crippen LogP contribution in [0.2, 0.25) is 0 Å². The average Bonchev–Trinajstić information content (AvgIpc) is 2.84. The number of anilines is 2. The van der Waals surface area contributed by atoms with Gasteiger partial charge in [-0.15, -0.1) is 0 Å². The monoisotopic (exact) mass is 274 g/mol. The average molecular weight is 274 g/mol. The molecule has 0 unspecified atom stereocenters. The molecule has 0 aliphatic rings. The zero-order valence-corrected chi connectivity index (χ0v) is 12.6. The molecule has 2 aromatic heterocycles. The first-order valence-electron chi connectivity index (χ1n) is 6.92. The highest BCUT2D eigenvalue weighted by molar-refractivity contribution is 5.58. The number of hydrogen-bond donors (Lipinski definition) is 1. The summed E-state index contributed by atoms with van der Waals surface area (Å²) in [6.07, 6.45) is 6.27. The van der Waals surface area contributed by atoms with Crippen molar-refractivity contribution in [2.75, 3.05) is 23.8 Å². The number of nitrogens with zero attached hydrogens (tertiary/aromatic N) is 5. The molecule has 2 aromatic rings. The largest absolute Gasteiger partial charge is 0.370 e. The molecule has 0 aliphatic carbocycles. The van der Waals surface area contributed by atoms with Gasteiger partial charge in [0.2, 0.25) is 0 Å². The number of hydrogen-bond acceptors (Lipinski definition) is 5. The van der Waals surface area contributed by atoms with Gasteiger partial charge >= 0.3 is 0 Å². The van der Waals surface area contributed by atoms with Crippen LogP contribution in [-0.4, -0.2) is 33.1 Å². The third-order valence-corrected chi connectivity index (χ3v) is 3.28. The Bertz CT molecular complexity index is 563. The molecule has 0 bridgehead atoms. The fourth-order valence-electron chi connectivity index (χ4n) is 2.21. The molecule has 0 spiro atoms. The van der Waals surface area contributed by atoms with E-state index in [-0.39, 0.29) is 0 Å². The van der Waals surface area contributed by atoms with Gasteiger partial charge in [-0.3, -0.25) is 0 Å². The highest BCUT2D eigenvalue weighted by Crippen LogP contribution is 2.23. The smallest absolute Gasteiger partial charge is 0.137 e. The van der Waals surface area contributed by atoms with E-state index in [0.717, 1.165) is 42.5 Å². The third-order valence-electron chi connectivity index (χ3n) is 3.28. The Morgan fingerprint density at radius 2 is 2.05 bits per heavy atom. The van der Waals surface area contributed by atoms with Crippen molar-refractivity contribution in [3.05, 3.63) is 30.1 Å². The summed E-state index contributed by atoms with van der Waals surface area (Å²) < 4.78 is 2.02. The van der Waals surface area contributed by atoms with Gasteiger partial charge in [0.05, 0.1) is 6.54 Å². The SMILES string of the molecule is CCNc1ncnc(N(C)Cc2nccn2C)c1CC. The second kappa shape index (κ2) is 6.36. The predicted molar refractivity (Wildman–Crippen MR) is 80.9 cm³/mol. The molecule has 6 nitrogen and oxygen atoms in total. The van der Waals surface area contributed by atoms with Crippen molar-refractivity contribution in [3.63, 3.8) is 0 Å². The van der Waals surface area contributed by atoms with E-state index in [1.807, 2.05) is 31.1 Å². The van der Waals surface area contributed by atoms with Crippen LogP contribution in [0, 0.1) is 0 Å². The van der Waals surface area contributed by atoms with Crippen LogP contribution in [0.5, 0.6) is 0 Å². The van der Waals surface area contributed by atoms with Gasteiger partial charge in [0, 0.05) is 38.6 Å². The van der Waals surface area contributed by atoms with Gasteiger partial charge in [-0.25, -0.2) is 15.0 Å². The highest BCUT2D eigenvalue weighted by atomic mass is 15.2. The van der Waals surface area contributed by atoms with Gasteiger partial charge in [0.15, 0.2) is 0 Å². The molecule has 108 valence electrons. The van der Waals surface area contributed by atoms with Crippen LogP contribution < -0.4 is 10.2 Å². The zero-order valence-electron chi connectivity index (χ0n) is 12.6. The summed E-state index contributed by atoms with van der Waals surface area (Å²) in [5, 5.41) is 3.29. The lowest BCUT2D eigenvalue weighted by atomic mass is 10.2. The van der Waals surface area contributed by atoms with E-state index >= 15 is 0 Å². The quantitative estimate of drug-likeness (QED) is 0.871. The molecule has 2 rings (SSSR count). The molecular formula is C14H22N6. The van der Waals surface area contributed by atoms with Crippen molar-refractivity contribution in [1.82, 2.24) is 19.5 Å². The first-order valence-corrected chi connectivity index (χ1v) is 6.92. The molecular weight excluding hydrogens is 252 g/mol. The lowest BCUT2D eigenvalue weighted by molar-refractivity contribution is 0.750. The number of imidazole rings is 1. The fraction of sp³-hybridized carbons (Fsp3) is 0.500. The second-order valence-electron chi connectivity index (χ2n) is 4.72. The number of aromatic nitrogens is 4. The van der Waals surface area contributed by atoms with Crippen LogP contribution in [0.15, 0.2) is 18.7 Å². The Morgan fingerprint density at radius 1 is 1.25 bits per heavy atom. The molecule has 1 N–H and O–H groups in total. The Hall–Kier alpha value is -2.11. The lowest BCUT2D eigenvalue weighted by Gasteiger charge is -2.22. The summed E-state index contributed by atoms with van der Waals surface area (Å²) in [5.41, 5.74) is 1.14. The summed E-state index contributed by atoms with van der Waals surface area (Å²) in [6.45, 7) is 5.77. The van der Waals surface area contributed by atoms with Gasteiger partial charge in [-0.05, 0) is 13.3 Å². The van der Waals surface area contributed by atoms with E-state index in [1.165, 1.54) is 0 Å². The van der Waals surface area contributed by atoms with Gasteiger partial charge in [-0.2, -0.15) is 0 Å². The molecule has 0 radical (unpaired) electrons. The van der Waals surface area contributed by atoms with E-state index in [2.05, 4.69) is 39.0 Å². The van der Waals surface area contributed by atoms with Crippen molar-refractivity contribution in [2.24, 2.45) is 7.05 Å². The molecule has 2 heterocycles. The van der Waals surface area contributed by atoms with Crippen LogP contribution in [0.1, 0.15) is 25.2 Å². The maximum Gasteiger partial charge on any atom is 0.137 e. The Kier molecular flexibility index (Phi) is 4.55. The van der Waals surface area contributed by atoms with Crippen LogP contribution in [0.25, 0.3) is 0 Å². The van der Waals surface area contributed by atoms with E-state index in [0.29, 0.717) is 0 Å². The first kappa shape index (κ1) is 14.3. The van der Waals surface area contributed by atoms with E-state index in [4.69, 9.17) is 0 Å². The molecule has 0 aliphatic heterocycles. The highest BCUT2D eigenvalue weighted by Gasteiger charge is 2.14. The van der Waals surface area contributed by atoms with Crippen molar-refractivity contribution >= 4 is 11.6 Å². The number of nitrogens with one attached hydrogen (secondary N) is 1. The Morgan fingerprint density at radius 3 is 2.65 bits per heavy atom. The third kappa shape index (κ3) is 2.89. The molecule has 0 atom stereocenters. The van der Waals surface area contributed by atoms with E-state index in [1.54, 1.807) is 6.33 Å². The minimum Gasteiger partial charge on any atom is -0.370 e. The summed E-state index contributed by atoms with van der Waals surface area (Å²) in [5.74, 6) is 2.89. The summed E-state index contributed by atoms with van der Waals surface area (Å²) in [7, 11) is 4.03. The van der Waals surface area contributed by atoms with Crippen LogP contribution in [0.4, 0.5) is 11.6 Å². The van der Waals surface area contributed by atoms with Crippen molar-refractivity contribution < 1.29 is 0 Å². The van der Waals surface area contributed by atoms with Crippen LogP contribution >= 0.6 is 0 Å². The van der Waals surface area contributed by atoms with Gasteiger partial charge in [-0.1, -0.05) is 6.92 Å². The summed E-state index contributed by atoms with van der Waals surface area (Å²) in [4.78, 5) is 15.2. The first-order chi connectivity index (χ1) is 9.67. The van der Waals surface area contributed by atoms with Crippen LogP contribution in [0.3, 0.4) is 0 Å². The van der Waals surface area contributed by atoms with Gasteiger partial charge in [0.25, 0.3) is 0 Å². The van der Waals surface area contributed by atoms with Crippen molar-refractivity contribution in [1.29, 1.82) is 0 Å². The second-order valence-corrected chi connectivity index (χ2v) is 4.72. The molecule has 0 amide bonds. The number of aryl methyl sites for hydroxylation is 1. The Balaban J connectivity index is 2.27. The molecule has 0 saturated heterocycles. The summed E-state index contributed by atoms with van der Waals surface area (Å²) in [6, 6.07) is 0. The minimum absolute atomic E-state index is 0.721. The Labute approximate surface area is 119 Å². The molecule has 0 saturated carbocycles. The van der Waals surface area contributed by atoms with E-state index < -0.39 is 0 Å². The van der Waals surface area contributed by atoms with E-state index in [9.17, 15) is 0 Å². The normalized spacial score (nSPS) is 10.6. The minimum atomic E-state index is 0.721. The maximum absolute atomic E-state index is 4.44. The molecule has 6 heteroatoms. The fourth-order valence-corrected chi connectivity index (χ4v) is 2.21. The molecule has 0 aromatic carbocycles. The van der Waals surface area contributed by atoms with Gasteiger partial charge < -0.3 is 14.8 Å². The van der Waals surface area contributed by atoms with Crippen molar-refractivity contribution in [2.45, 2.75) is 26.8 Å². The predicted octanol–water partition coefficient (Wildman–Crippen LogP) is 1.84. The maximum atomic E-state index is 4.44. The topological polar surface area (TPSA) is 58.9 Å². The number of rotatable bonds is 6.